The van der Waals surface area contributed by atoms with Gasteiger partial charge in [-0.15, -0.1) is 0 Å². The van der Waals surface area contributed by atoms with Gasteiger partial charge in [0.2, 0.25) is 10.0 Å². The Morgan fingerprint density at radius 1 is 1.31 bits per heavy atom. The summed E-state index contributed by atoms with van der Waals surface area (Å²) in [5.41, 5.74) is 0. The van der Waals surface area contributed by atoms with Gasteiger partial charge in [0, 0.05) is 12.3 Å². The Morgan fingerprint density at radius 2 is 1.77 bits per heavy atom. The van der Waals surface area contributed by atoms with Crippen LogP contribution >= 0.6 is 0 Å². The number of nitrogens with one attached hydrogen (secondary N) is 1. The molecule has 1 unspecified atom stereocenters. The molecule has 0 aliphatic heterocycles. The number of sulfonamides is 1. The Balaban J connectivity index is 4.45. The van der Waals surface area contributed by atoms with Gasteiger partial charge in [-0.1, -0.05) is 0 Å². The molecule has 2 N–H and O–H groups in total. The number of aliphatic hydroxyl groups excluding tert-OH is 1. The first kappa shape index (κ1) is 12.8. The third-order valence-corrected chi connectivity index (χ3v) is 4.74. The van der Waals surface area contributed by atoms with E-state index in [-0.39, 0.29) is 6.61 Å². The largest absolute Gasteiger partial charge is 0.395 e. The Labute approximate surface area is 77.9 Å². The minimum absolute atomic E-state index is 0.372. The molecule has 0 saturated heterocycles. The molecular weight excluding hydrogens is 218 g/mol. The van der Waals surface area contributed by atoms with Crippen LogP contribution < -0.4 is 4.72 Å². The molecule has 0 aliphatic carbocycles. The first-order valence-corrected chi connectivity index (χ1v) is 7.16. The van der Waals surface area contributed by atoms with Crippen LogP contribution in [0.1, 0.15) is 6.92 Å². The summed E-state index contributed by atoms with van der Waals surface area (Å²) in [6, 6.07) is -0.674. The van der Waals surface area contributed by atoms with Crippen LogP contribution in [0.4, 0.5) is 0 Å². The molecule has 1 atom stereocenters. The lowest BCUT2D eigenvalue weighted by molar-refractivity contribution is 0.265. The summed E-state index contributed by atoms with van der Waals surface area (Å²) in [7, 11) is -7.42. The van der Waals surface area contributed by atoms with Crippen LogP contribution in [-0.2, 0) is 19.9 Å². The highest BCUT2D eigenvalue weighted by Gasteiger charge is 2.19. The molecule has 0 heterocycles. The molecular formula is C5H13NO5S2. The molecule has 0 aliphatic rings. The average molecular weight is 231 g/mol. The van der Waals surface area contributed by atoms with Crippen LogP contribution in [0.3, 0.4) is 0 Å². The minimum atomic E-state index is -3.85. The maximum atomic E-state index is 11.0. The van der Waals surface area contributed by atoms with E-state index in [1.807, 2.05) is 4.72 Å². The highest BCUT2D eigenvalue weighted by molar-refractivity contribution is 8.06. The van der Waals surface area contributed by atoms with E-state index in [1.54, 1.807) is 0 Å². The summed E-state index contributed by atoms with van der Waals surface area (Å²) in [6.07, 6.45) is 0.829. The van der Waals surface area contributed by atoms with Crippen molar-refractivity contribution in [2.24, 2.45) is 0 Å². The van der Waals surface area contributed by atoms with E-state index in [0.29, 0.717) is 0 Å². The van der Waals surface area contributed by atoms with Crippen molar-refractivity contribution >= 4 is 19.9 Å². The molecule has 0 spiro atoms. The van der Waals surface area contributed by atoms with Crippen molar-refractivity contribution in [3.8, 4) is 0 Å². The van der Waals surface area contributed by atoms with Gasteiger partial charge < -0.3 is 5.11 Å². The van der Waals surface area contributed by atoms with Crippen LogP contribution in [0.25, 0.3) is 0 Å². The first-order chi connectivity index (χ1) is 5.66. The number of rotatable bonds is 5. The third-order valence-electron chi connectivity index (χ3n) is 1.02. The van der Waals surface area contributed by atoms with Gasteiger partial charge in [0.25, 0.3) is 0 Å². The van der Waals surface area contributed by atoms with Gasteiger partial charge in [0.1, 0.15) is 0 Å². The molecule has 0 bridgehead atoms. The van der Waals surface area contributed by atoms with E-state index in [9.17, 15) is 16.8 Å². The fourth-order valence-electron chi connectivity index (χ4n) is 0.660. The normalized spacial score (nSPS) is 15.6. The van der Waals surface area contributed by atoms with Crippen LogP contribution in [-0.4, -0.2) is 45.9 Å². The summed E-state index contributed by atoms with van der Waals surface area (Å²) in [6.45, 7) is 1.06. The van der Waals surface area contributed by atoms with Crippen molar-refractivity contribution in [2.75, 3.05) is 17.9 Å². The van der Waals surface area contributed by atoms with Crippen LogP contribution in [0, 0.1) is 0 Å². The lowest BCUT2D eigenvalue weighted by atomic mass is 10.4. The number of aliphatic hydroxyl groups is 1. The zero-order valence-electron chi connectivity index (χ0n) is 7.39. The van der Waals surface area contributed by atoms with Crippen molar-refractivity contribution in [1.82, 2.24) is 4.72 Å². The Kier molecular flexibility index (Phi) is 4.30. The average Bonchev–Trinajstić information content (AvgIpc) is 1.80. The standard InChI is InChI=1S/C5H13NO5S2/c1-5(3-7)6-13(10,11)4-12(2,8)9/h5-7H,3-4H2,1-2H3. The molecule has 80 valence electrons. The second-order valence-corrected chi connectivity index (χ2v) is 7.12. The predicted molar refractivity (Wildman–Crippen MR) is 48.3 cm³/mol. The summed E-state index contributed by atoms with van der Waals surface area (Å²) in [5, 5.41) is 7.57. The molecule has 13 heavy (non-hydrogen) atoms. The predicted octanol–water partition coefficient (Wildman–Crippen LogP) is -1.71. The Hall–Kier alpha value is -0.180. The van der Waals surface area contributed by atoms with E-state index >= 15 is 0 Å². The Morgan fingerprint density at radius 3 is 2.08 bits per heavy atom. The zero-order valence-corrected chi connectivity index (χ0v) is 9.02. The van der Waals surface area contributed by atoms with Gasteiger partial charge in [-0.25, -0.2) is 21.6 Å². The van der Waals surface area contributed by atoms with E-state index in [1.165, 1.54) is 6.92 Å². The molecule has 0 aromatic heterocycles. The van der Waals surface area contributed by atoms with E-state index in [0.717, 1.165) is 6.26 Å². The van der Waals surface area contributed by atoms with Crippen molar-refractivity contribution in [3.05, 3.63) is 0 Å². The topological polar surface area (TPSA) is 101 Å². The Bertz CT molecular complexity index is 343. The molecule has 6 nitrogen and oxygen atoms in total. The lowest BCUT2D eigenvalue weighted by Crippen LogP contribution is -2.38. The van der Waals surface area contributed by atoms with Crippen molar-refractivity contribution in [3.63, 3.8) is 0 Å². The second-order valence-electron chi connectivity index (χ2n) is 2.86. The van der Waals surface area contributed by atoms with Gasteiger partial charge >= 0.3 is 0 Å². The molecule has 0 aromatic rings. The third kappa shape index (κ3) is 6.94. The van der Waals surface area contributed by atoms with Crippen LogP contribution in [0.5, 0.6) is 0 Å². The highest BCUT2D eigenvalue weighted by atomic mass is 32.3. The maximum Gasteiger partial charge on any atom is 0.226 e. The van der Waals surface area contributed by atoms with Crippen LogP contribution in [0.15, 0.2) is 0 Å². The minimum Gasteiger partial charge on any atom is -0.395 e. The molecule has 8 heteroatoms. The first-order valence-electron chi connectivity index (χ1n) is 3.45. The number of hydrogen-bond acceptors (Lipinski definition) is 5. The summed E-state index contributed by atoms with van der Waals surface area (Å²) < 4.78 is 45.3. The van der Waals surface area contributed by atoms with Gasteiger partial charge in [-0.2, -0.15) is 0 Å². The molecule has 0 saturated carbocycles. The molecule has 0 fully saturated rings. The lowest BCUT2D eigenvalue weighted by Gasteiger charge is -2.10. The van der Waals surface area contributed by atoms with Crippen LogP contribution in [0.2, 0.25) is 0 Å². The van der Waals surface area contributed by atoms with Gasteiger partial charge in [0.15, 0.2) is 14.9 Å². The zero-order chi connectivity index (χ0) is 10.7. The smallest absolute Gasteiger partial charge is 0.226 e. The van der Waals surface area contributed by atoms with E-state index < -0.39 is 31.0 Å². The van der Waals surface area contributed by atoms with Gasteiger partial charge in [-0.05, 0) is 6.92 Å². The van der Waals surface area contributed by atoms with Gasteiger partial charge in [-0.3, -0.25) is 0 Å². The molecule has 0 rings (SSSR count). The fraction of sp³-hybridized carbons (Fsp3) is 1.00. The maximum absolute atomic E-state index is 11.0. The highest BCUT2D eigenvalue weighted by Crippen LogP contribution is 1.94. The second kappa shape index (κ2) is 4.36. The quantitative estimate of drug-likeness (QED) is 0.586. The fourth-order valence-corrected chi connectivity index (χ4v) is 3.87. The van der Waals surface area contributed by atoms with Crippen molar-refractivity contribution in [1.29, 1.82) is 0 Å². The molecule has 0 radical (unpaired) electrons. The molecule has 0 aromatic carbocycles. The summed E-state index contributed by atoms with van der Waals surface area (Å²) >= 11 is 0. The van der Waals surface area contributed by atoms with Crippen molar-refractivity contribution in [2.45, 2.75) is 13.0 Å². The number of hydrogen-bond donors (Lipinski definition) is 2. The van der Waals surface area contributed by atoms with E-state index in [2.05, 4.69) is 0 Å². The summed E-state index contributed by atoms with van der Waals surface area (Å²) in [5.74, 6) is 0. The molecule has 0 amide bonds. The van der Waals surface area contributed by atoms with Gasteiger partial charge in [0.05, 0.1) is 6.61 Å². The van der Waals surface area contributed by atoms with E-state index in [4.69, 9.17) is 5.11 Å². The SMILES string of the molecule is CC(CO)NS(=O)(=O)CS(C)(=O)=O. The number of sulfone groups is 1. The van der Waals surface area contributed by atoms with Crippen molar-refractivity contribution < 1.29 is 21.9 Å². The summed E-state index contributed by atoms with van der Waals surface area (Å²) in [4.78, 5) is 0. The monoisotopic (exact) mass is 231 g/mol.